The number of nitrogens with zero attached hydrogens (tertiary/aromatic N) is 3. The van der Waals surface area contributed by atoms with Crippen molar-refractivity contribution in [1.82, 2.24) is 9.97 Å². The molecule has 0 aliphatic rings. The van der Waals surface area contributed by atoms with Gasteiger partial charge in [-0.1, -0.05) is 0 Å². The Morgan fingerprint density at radius 3 is 2.54 bits per heavy atom. The van der Waals surface area contributed by atoms with Crippen LogP contribution >= 0.6 is 0 Å². The lowest BCUT2D eigenvalue weighted by Gasteiger charge is -2.20. The van der Waals surface area contributed by atoms with Crippen LogP contribution in [0.2, 0.25) is 0 Å². The fourth-order valence-corrected chi connectivity index (χ4v) is 3.14. The first-order chi connectivity index (χ1) is 12.3. The standard InChI is InChI=1S/C18H18FN3O3S/c1-22(9-10-25-14-5-3-13(19)4-6-14)18-16-11-15(26(2,23)24)7-8-17(16)20-12-21-18/h3-8,11-12H,9-10H2,1-2H3. The maximum absolute atomic E-state index is 12.9. The molecule has 0 aliphatic carbocycles. The summed E-state index contributed by atoms with van der Waals surface area (Å²) in [5.41, 5.74) is 0.661. The van der Waals surface area contributed by atoms with E-state index >= 15 is 0 Å². The maximum Gasteiger partial charge on any atom is 0.175 e. The molecule has 3 rings (SSSR count). The van der Waals surface area contributed by atoms with Crippen molar-refractivity contribution in [2.45, 2.75) is 4.90 Å². The summed E-state index contributed by atoms with van der Waals surface area (Å²) in [6, 6.07) is 10.6. The highest BCUT2D eigenvalue weighted by Gasteiger charge is 2.13. The Labute approximate surface area is 151 Å². The van der Waals surface area contributed by atoms with Crippen LogP contribution in [0.1, 0.15) is 0 Å². The van der Waals surface area contributed by atoms with Crippen LogP contribution in [0, 0.1) is 5.82 Å². The molecule has 6 nitrogen and oxygen atoms in total. The van der Waals surface area contributed by atoms with Crippen LogP contribution in [0.5, 0.6) is 5.75 Å². The van der Waals surface area contributed by atoms with Gasteiger partial charge in [0.1, 0.15) is 30.3 Å². The largest absolute Gasteiger partial charge is 0.492 e. The van der Waals surface area contributed by atoms with E-state index in [9.17, 15) is 12.8 Å². The number of ether oxygens (including phenoxy) is 1. The van der Waals surface area contributed by atoms with E-state index in [4.69, 9.17) is 4.74 Å². The van der Waals surface area contributed by atoms with Crippen LogP contribution in [0.3, 0.4) is 0 Å². The van der Waals surface area contributed by atoms with Gasteiger partial charge in [-0.15, -0.1) is 0 Å². The lowest BCUT2D eigenvalue weighted by atomic mass is 10.2. The molecule has 1 heterocycles. The fraction of sp³-hybridized carbons (Fsp3) is 0.222. The Bertz CT molecular complexity index is 1020. The number of likely N-dealkylation sites (N-methyl/N-ethyl adjacent to an activating group) is 1. The zero-order valence-corrected chi connectivity index (χ0v) is 15.2. The number of fused-ring (bicyclic) bond motifs is 1. The molecule has 0 aliphatic heterocycles. The van der Waals surface area contributed by atoms with Crippen LogP contribution < -0.4 is 9.64 Å². The van der Waals surface area contributed by atoms with Crippen LogP contribution in [-0.2, 0) is 9.84 Å². The lowest BCUT2D eigenvalue weighted by Crippen LogP contribution is -2.25. The first kappa shape index (κ1) is 18.1. The van der Waals surface area contributed by atoms with E-state index in [1.54, 1.807) is 24.3 Å². The van der Waals surface area contributed by atoms with E-state index in [0.29, 0.717) is 35.6 Å². The molecule has 8 heteroatoms. The van der Waals surface area contributed by atoms with E-state index < -0.39 is 9.84 Å². The second kappa shape index (κ2) is 7.25. The van der Waals surface area contributed by atoms with Crippen LogP contribution in [0.25, 0.3) is 10.9 Å². The Kier molecular flexibility index (Phi) is 5.03. The highest BCUT2D eigenvalue weighted by Crippen LogP contribution is 2.25. The zero-order chi connectivity index (χ0) is 18.7. The first-order valence-electron chi connectivity index (χ1n) is 7.89. The summed E-state index contributed by atoms with van der Waals surface area (Å²) in [5.74, 6) is 0.874. The smallest absolute Gasteiger partial charge is 0.175 e. The van der Waals surface area contributed by atoms with Crippen molar-refractivity contribution < 1.29 is 17.5 Å². The first-order valence-corrected chi connectivity index (χ1v) is 9.78. The molecule has 0 saturated heterocycles. The van der Waals surface area contributed by atoms with Gasteiger partial charge in [0, 0.05) is 18.7 Å². The van der Waals surface area contributed by atoms with Gasteiger partial charge in [0.05, 0.1) is 17.0 Å². The van der Waals surface area contributed by atoms with Gasteiger partial charge in [0.25, 0.3) is 0 Å². The van der Waals surface area contributed by atoms with Crippen molar-refractivity contribution >= 4 is 26.6 Å². The molecule has 3 aromatic rings. The third-order valence-corrected chi connectivity index (χ3v) is 4.99. The van der Waals surface area contributed by atoms with Crippen molar-refractivity contribution in [3.63, 3.8) is 0 Å². The monoisotopic (exact) mass is 375 g/mol. The average Bonchev–Trinajstić information content (AvgIpc) is 2.61. The number of hydrogen-bond donors (Lipinski definition) is 0. The Morgan fingerprint density at radius 2 is 1.85 bits per heavy atom. The molecule has 0 spiro atoms. The molecule has 0 atom stereocenters. The highest BCUT2D eigenvalue weighted by atomic mass is 32.2. The normalized spacial score (nSPS) is 11.5. The second-order valence-electron chi connectivity index (χ2n) is 5.87. The predicted molar refractivity (Wildman–Crippen MR) is 97.8 cm³/mol. The number of anilines is 1. The lowest BCUT2D eigenvalue weighted by molar-refractivity contribution is 0.325. The summed E-state index contributed by atoms with van der Waals surface area (Å²) in [5, 5.41) is 0.653. The van der Waals surface area contributed by atoms with Crippen LogP contribution in [0.15, 0.2) is 53.7 Å². The fourth-order valence-electron chi connectivity index (χ4n) is 2.49. The van der Waals surface area contributed by atoms with E-state index in [-0.39, 0.29) is 10.7 Å². The predicted octanol–water partition coefficient (Wildman–Crippen LogP) is 2.69. The molecule has 0 bridgehead atoms. The molecule has 0 N–H and O–H groups in total. The number of rotatable bonds is 6. The topological polar surface area (TPSA) is 72.4 Å². The van der Waals surface area contributed by atoms with Gasteiger partial charge < -0.3 is 9.64 Å². The zero-order valence-electron chi connectivity index (χ0n) is 14.4. The summed E-state index contributed by atoms with van der Waals surface area (Å²) >= 11 is 0. The third-order valence-electron chi connectivity index (χ3n) is 3.88. The third kappa shape index (κ3) is 4.08. The average molecular weight is 375 g/mol. The Hall–Kier alpha value is -2.74. The number of hydrogen-bond acceptors (Lipinski definition) is 6. The molecule has 1 aromatic heterocycles. The Morgan fingerprint density at radius 1 is 1.12 bits per heavy atom. The van der Waals surface area contributed by atoms with Gasteiger partial charge in [0.15, 0.2) is 9.84 Å². The molecule has 0 unspecified atom stereocenters. The minimum absolute atomic E-state index is 0.219. The number of aromatic nitrogens is 2. The summed E-state index contributed by atoms with van der Waals surface area (Å²) < 4.78 is 42.1. The maximum atomic E-state index is 12.9. The van der Waals surface area contributed by atoms with E-state index in [2.05, 4.69) is 9.97 Å². The number of benzene rings is 2. The molecular weight excluding hydrogens is 357 g/mol. The molecule has 0 fully saturated rings. The second-order valence-corrected chi connectivity index (χ2v) is 7.89. The quantitative estimate of drug-likeness (QED) is 0.660. The van der Waals surface area contributed by atoms with E-state index in [1.807, 2.05) is 11.9 Å². The number of halogens is 1. The molecular formula is C18H18FN3O3S. The molecule has 0 saturated carbocycles. The molecule has 0 amide bonds. The summed E-state index contributed by atoms with van der Waals surface area (Å²) in [6.45, 7) is 0.867. The van der Waals surface area contributed by atoms with E-state index in [1.165, 1.54) is 24.5 Å². The van der Waals surface area contributed by atoms with Crippen LogP contribution in [0.4, 0.5) is 10.2 Å². The van der Waals surface area contributed by atoms with Crippen molar-refractivity contribution in [2.24, 2.45) is 0 Å². The molecule has 26 heavy (non-hydrogen) atoms. The van der Waals surface area contributed by atoms with Crippen molar-refractivity contribution in [3.8, 4) is 5.75 Å². The van der Waals surface area contributed by atoms with Gasteiger partial charge in [-0.05, 0) is 42.5 Å². The number of sulfone groups is 1. The summed E-state index contributed by atoms with van der Waals surface area (Å²) in [7, 11) is -1.49. The molecule has 2 aromatic carbocycles. The minimum atomic E-state index is -3.32. The van der Waals surface area contributed by atoms with E-state index in [0.717, 1.165) is 6.26 Å². The van der Waals surface area contributed by atoms with Gasteiger partial charge in [-0.2, -0.15) is 0 Å². The van der Waals surface area contributed by atoms with Gasteiger partial charge in [-0.3, -0.25) is 0 Å². The van der Waals surface area contributed by atoms with Crippen molar-refractivity contribution in [2.75, 3.05) is 31.4 Å². The van der Waals surface area contributed by atoms with Gasteiger partial charge in [-0.25, -0.2) is 22.8 Å². The summed E-state index contributed by atoms with van der Waals surface area (Å²) in [4.78, 5) is 10.5. The minimum Gasteiger partial charge on any atom is -0.492 e. The Balaban J connectivity index is 1.78. The molecule has 136 valence electrons. The van der Waals surface area contributed by atoms with Gasteiger partial charge >= 0.3 is 0 Å². The van der Waals surface area contributed by atoms with Crippen molar-refractivity contribution in [1.29, 1.82) is 0 Å². The van der Waals surface area contributed by atoms with Crippen LogP contribution in [-0.4, -0.2) is 44.8 Å². The molecule has 0 radical (unpaired) electrons. The SMILES string of the molecule is CN(CCOc1ccc(F)cc1)c1ncnc2ccc(S(C)(=O)=O)cc12. The van der Waals surface area contributed by atoms with Gasteiger partial charge in [0.2, 0.25) is 0 Å². The summed E-state index contributed by atoms with van der Waals surface area (Å²) in [6.07, 6.45) is 2.60. The highest BCUT2D eigenvalue weighted by molar-refractivity contribution is 7.90. The van der Waals surface area contributed by atoms with Crippen molar-refractivity contribution in [3.05, 3.63) is 54.6 Å².